The summed E-state index contributed by atoms with van der Waals surface area (Å²) in [6.07, 6.45) is 3.35. The van der Waals surface area contributed by atoms with Gasteiger partial charge in [0, 0.05) is 25.9 Å². The zero-order valence-corrected chi connectivity index (χ0v) is 14.7. The van der Waals surface area contributed by atoms with Crippen LogP contribution in [0.3, 0.4) is 0 Å². The van der Waals surface area contributed by atoms with Crippen LogP contribution in [0.5, 0.6) is 0 Å². The van der Waals surface area contributed by atoms with Crippen LogP contribution in [0.4, 0.5) is 5.13 Å². The fraction of sp³-hybridized carbons (Fsp3) is 0.444. The van der Waals surface area contributed by atoms with Gasteiger partial charge in [-0.1, -0.05) is 41.7 Å². The van der Waals surface area contributed by atoms with E-state index in [4.69, 9.17) is 0 Å². The van der Waals surface area contributed by atoms with Crippen molar-refractivity contribution >= 4 is 28.3 Å². The van der Waals surface area contributed by atoms with Crippen molar-refractivity contribution in [1.82, 2.24) is 15.5 Å². The fourth-order valence-corrected chi connectivity index (χ4v) is 3.87. The number of carbonyl (C=O) groups excluding carboxylic acids is 2. The molecule has 1 atom stereocenters. The van der Waals surface area contributed by atoms with Gasteiger partial charge in [0.2, 0.25) is 16.9 Å². The van der Waals surface area contributed by atoms with E-state index < -0.39 is 0 Å². The Bertz CT molecular complexity index is 772. The number of rotatable bonds is 6. The van der Waals surface area contributed by atoms with Gasteiger partial charge in [0.1, 0.15) is 5.01 Å². The predicted molar refractivity (Wildman–Crippen MR) is 95.4 cm³/mol. The summed E-state index contributed by atoms with van der Waals surface area (Å²) in [5.41, 5.74) is 1.16. The number of anilines is 1. The number of amides is 2. The first-order valence-electron chi connectivity index (χ1n) is 8.63. The third-order valence-electron chi connectivity index (χ3n) is 4.64. The zero-order chi connectivity index (χ0) is 17.2. The minimum Gasteiger partial charge on any atom is -0.356 e. The molecule has 1 aromatic heterocycles. The van der Waals surface area contributed by atoms with Crippen LogP contribution in [0.25, 0.3) is 0 Å². The maximum atomic E-state index is 12.3. The fourth-order valence-electron chi connectivity index (χ4n) is 2.98. The molecular weight excluding hydrogens is 336 g/mol. The van der Waals surface area contributed by atoms with Crippen LogP contribution >= 0.6 is 11.3 Å². The van der Waals surface area contributed by atoms with Gasteiger partial charge in [-0.2, -0.15) is 0 Å². The van der Waals surface area contributed by atoms with Crippen LogP contribution in [0.15, 0.2) is 30.3 Å². The number of carbonyl (C=O) groups is 2. The Morgan fingerprint density at radius 1 is 1.24 bits per heavy atom. The molecule has 7 heteroatoms. The Kier molecular flexibility index (Phi) is 4.48. The molecule has 130 valence electrons. The largest absolute Gasteiger partial charge is 0.356 e. The Morgan fingerprint density at radius 2 is 2.04 bits per heavy atom. The first-order chi connectivity index (χ1) is 12.2. The molecule has 2 heterocycles. The minimum atomic E-state index is -0.285. The molecule has 1 saturated carbocycles. The van der Waals surface area contributed by atoms with Crippen molar-refractivity contribution in [2.75, 3.05) is 18.0 Å². The topological polar surface area (TPSA) is 75.2 Å². The highest BCUT2D eigenvalue weighted by atomic mass is 32.1. The first-order valence-corrected chi connectivity index (χ1v) is 9.45. The number of hydrogen-bond donors (Lipinski definition) is 1. The maximum Gasteiger partial charge on any atom is 0.229 e. The average molecular weight is 356 g/mol. The van der Waals surface area contributed by atoms with Crippen molar-refractivity contribution < 1.29 is 9.59 Å². The molecule has 1 unspecified atom stereocenters. The van der Waals surface area contributed by atoms with Crippen LogP contribution in [0, 0.1) is 11.8 Å². The van der Waals surface area contributed by atoms with Gasteiger partial charge in [-0.25, -0.2) is 0 Å². The van der Waals surface area contributed by atoms with E-state index in [2.05, 4.69) is 15.5 Å². The molecule has 2 aromatic rings. The van der Waals surface area contributed by atoms with Crippen LogP contribution < -0.4 is 10.2 Å². The predicted octanol–water partition coefficient (Wildman–Crippen LogP) is 2.01. The smallest absolute Gasteiger partial charge is 0.229 e. The van der Waals surface area contributed by atoms with Gasteiger partial charge < -0.3 is 5.32 Å². The lowest BCUT2D eigenvalue weighted by molar-refractivity contribution is -0.126. The second kappa shape index (κ2) is 6.92. The lowest BCUT2D eigenvalue weighted by Gasteiger charge is -2.12. The molecule has 25 heavy (non-hydrogen) atoms. The standard InChI is InChI=1S/C18H20N4O2S/c23-16-9-14(17(24)19-10-13-6-7-13)11-22(16)18-21-20-15(25-18)8-12-4-2-1-3-5-12/h1-5,13-14H,6-11H2,(H,19,24). The second-order valence-electron chi connectivity index (χ2n) is 6.73. The van der Waals surface area contributed by atoms with Gasteiger partial charge >= 0.3 is 0 Å². The molecule has 0 radical (unpaired) electrons. The quantitative estimate of drug-likeness (QED) is 0.859. The third kappa shape index (κ3) is 3.87. The number of nitrogens with one attached hydrogen (secondary N) is 1. The molecule has 4 rings (SSSR count). The summed E-state index contributed by atoms with van der Waals surface area (Å²) < 4.78 is 0. The van der Waals surface area contributed by atoms with Crippen molar-refractivity contribution in [1.29, 1.82) is 0 Å². The zero-order valence-electron chi connectivity index (χ0n) is 13.9. The average Bonchev–Trinajstić information content (AvgIpc) is 3.21. The highest BCUT2D eigenvalue weighted by molar-refractivity contribution is 7.15. The molecule has 1 saturated heterocycles. The third-order valence-corrected chi connectivity index (χ3v) is 5.59. The Balaban J connectivity index is 1.38. The van der Waals surface area contributed by atoms with Gasteiger partial charge in [-0.05, 0) is 24.3 Å². The summed E-state index contributed by atoms with van der Waals surface area (Å²) in [4.78, 5) is 26.1. The SMILES string of the molecule is O=C(NCC1CC1)C1CC(=O)N(c2nnc(Cc3ccccc3)s2)C1. The summed E-state index contributed by atoms with van der Waals surface area (Å²) in [7, 11) is 0. The van der Waals surface area contributed by atoms with E-state index in [1.165, 1.54) is 24.2 Å². The normalized spacial score (nSPS) is 20.1. The van der Waals surface area contributed by atoms with Crippen LogP contribution in [-0.2, 0) is 16.0 Å². The number of aromatic nitrogens is 2. The van der Waals surface area contributed by atoms with E-state index in [1.807, 2.05) is 30.3 Å². The molecule has 1 N–H and O–H groups in total. The molecular formula is C18H20N4O2S. The molecule has 6 nitrogen and oxygen atoms in total. The van der Waals surface area contributed by atoms with E-state index in [9.17, 15) is 9.59 Å². The van der Waals surface area contributed by atoms with Crippen LogP contribution in [-0.4, -0.2) is 35.1 Å². The van der Waals surface area contributed by atoms with E-state index in [0.29, 0.717) is 24.0 Å². The molecule has 2 amide bonds. The van der Waals surface area contributed by atoms with Gasteiger partial charge in [-0.3, -0.25) is 14.5 Å². The van der Waals surface area contributed by atoms with Gasteiger partial charge in [0.15, 0.2) is 0 Å². The highest BCUT2D eigenvalue weighted by Gasteiger charge is 2.37. The van der Waals surface area contributed by atoms with Crippen molar-refractivity contribution in [2.24, 2.45) is 11.8 Å². The van der Waals surface area contributed by atoms with Crippen LogP contribution in [0.1, 0.15) is 29.8 Å². The lowest BCUT2D eigenvalue weighted by atomic mass is 10.1. The van der Waals surface area contributed by atoms with Crippen molar-refractivity contribution in [3.8, 4) is 0 Å². The summed E-state index contributed by atoms with van der Waals surface area (Å²) in [5, 5.41) is 12.8. The first kappa shape index (κ1) is 16.2. The molecule has 2 aliphatic rings. The Hall–Kier alpha value is -2.28. The van der Waals surface area contributed by atoms with Crippen molar-refractivity contribution in [3.63, 3.8) is 0 Å². The van der Waals surface area contributed by atoms with Crippen molar-refractivity contribution in [2.45, 2.75) is 25.7 Å². The Morgan fingerprint density at radius 3 is 2.80 bits per heavy atom. The summed E-state index contributed by atoms with van der Waals surface area (Å²) in [6, 6.07) is 10.1. The van der Waals surface area contributed by atoms with Crippen LogP contribution in [0.2, 0.25) is 0 Å². The monoisotopic (exact) mass is 356 g/mol. The summed E-state index contributed by atoms with van der Waals surface area (Å²) >= 11 is 1.42. The lowest BCUT2D eigenvalue weighted by Crippen LogP contribution is -2.34. The van der Waals surface area contributed by atoms with E-state index in [-0.39, 0.29) is 24.2 Å². The van der Waals surface area contributed by atoms with E-state index >= 15 is 0 Å². The molecule has 1 aromatic carbocycles. The second-order valence-corrected chi connectivity index (χ2v) is 7.78. The van der Waals surface area contributed by atoms with Crippen molar-refractivity contribution in [3.05, 3.63) is 40.9 Å². The molecule has 1 aliphatic carbocycles. The van der Waals surface area contributed by atoms with E-state index in [0.717, 1.165) is 17.1 Å². The molecule has 0 spiro atoms. The summed E-state index contributed by atoms with van der Waals surface area (Å²) in [5.74, 6) is 0.291. The van der Waals surface area contributed by atoms with Gasteiger partial charge in [-0.15, -0.1) is 10.2 Å². The minimum absolute atomic E-state index is 0.0169. The number of hydrogen-bond acceptors (Lipinski definition) is 5. The van der Waals surface area contributed by atoms with Gasteiger partial charge in [0.05, 0.1) is 5.92 Å². The number of benzene rings is 1. The summed E-state index contributed by atoms with van der Waals surface area (Å²) in [6.45, 7) is 1.14. The number of nitrogens with zero attached hydrogens (tertiary/aromatic N) is 3. The van der Waals surface area contributed by atoms with E-state index in [1.54, 1.807) is 4.90 Å². The molecule has 2 fully saturated rings. The molecule has 1 aliphatic heterocycles. The Labute approximate surface area is 150 Å². The molecule has 0 bridgehead atoms. The highest BCUT2D eigenvalue weighted by Crippen LogP contribution is 2.30. The maximum absolute atomic E-state index is 12.3. The van der Waals surface area contributed by atoms with Gasteiger partial charge in [0.25, 0.3) is 0 Å².